The molecule has 1 aliphatic rings. The summed E-state index contributed by atoms with van der Waals surface area (Å²) in [6, 6.07) is 6.91. The maximum atomic E-state index is 9.47. The number of aliphatic hydroxyl groups is 1. The molecule has 5 heteroatoms. The van der Waals surface area contributed by atoms with Gasteiger partial charge in [0.15, 0.2) is 5.82 Å². The van der Waals surface area contributed by atoms with Crippen molar-refractivity contribution in [2.24, 2.45) is 0 Å². The summed E-state index contributed by atoms with van der Waals surface area (Å²) < 4.78 is 1.86. The molecule has 0 fully saturated rings. The Labute approximate surface area is 105 Å². The van der Waals surface area contributed by atoms with E-state index in [4.69, 9.17) is 0 Å². The molecular formula is C13H15N3O2. The molecule has 2 aromatic rings. The van der Waals surface area contributed by atoms with Gasteiger partial charge in [-0.2, -0.15) is 5.10 Å². The van der Waals surface area contributed by atoms with Gasteiger partial charge in [0.2, 0.25) is 0 Å². The number of hydrogen-bond acceptors (Lipinski definition) is 4. The maximum Gasteiger partial charge on any atom is 0.181 e. The first-order valence-corrected chi connectivity index (χ1v) is 6.13. The van der Waals surface area contributed by atoms with Gasteiger partial charge in [-0.3, -0.25) is 0 Å². The van der Waals surface area contributed by atoms with Gasteiger partial charge in [0.05, 0.1) is 6.61 Å². The van der Waals surface area contributed by atoms with Gasteiger partial charge >= 0.3 is 0 Å². The van der Waals surface area contributed by atoms with Crippen LogP contribution in [0.25, 0.3) is 11.4 Å². The molecule has 0 spiro atoms. The lowest BCUT2D eigenvalue weighted by Crippen LogP contribution is -2.19. The Morgan fingerprint density at radius 1 is 1.39 bits per heavy atom. The Morgan fingerprint density at radius 3 is 3.06 bits per heavy atom. The highest BCUT2D eigenvalue weighted by atomic mass is 16.3. The number of aromatic nitrogens is 3. The molecule has 1 aromatic carbocycles. The summed E-state index contributed by atoms with van der Waals surface area (Å²) >= 11 is 0. The summed E-state index contributed by atoms with van der Waals surface area (Å²) in [5.74, 6) is 1.75. The number of phenols is 1. The SMILES string of the molecule is OCC1CCCn2nc(-c3cccc(O)c3)nc21. The van der Waals surface area contributed by atoms with Crippen LogP contribution >= 0.6 is 0 Å². The molecule has 0 aliphatic carbocycles. The first-order chi connectivity index (χ1) is 8.78. The summed E-state index contributed by atoms with van der Waals surface area (Å²) in [4.78, 5) is 4.50. The van der Waals surface area contributed by atoms with Crippen molar-refractivity contribution in [3.63, 3.8) is 0 Å². The Bertz CT molecular complexity index is 565. The fourth-order valence-electron chi connectivity index (χ4n) is 2.38. The summed E-state index contributed by atoms with van der Waals surface area (Å²) in [6.07, 6.45) is 1.97. The molecule has 1 atom stereocenters. The van der Waals surface area contributed by atoms with Gasteiger partial charge in [0.1, 0.15) is 11.6 Å². The first-order valence-electron chi connectivity index (χ1n) is 6.13. The van der Waals surface area contributed by atoms with E-state index in [1.807, 2.05) is 10.7 Å². The molecule has 2 N–H and O–H groups in total. The monoisotopic (exact) mass is 245 g/mol. The van der Waals surface area contributed by atoms with Crippen LogP contribution in [0.2, 0.25) is 0 Å². The third kappa shape index (κ3) is 1.86. The lowest BCUT2D eigenvalue weighted by Gasteiger charge is -2.19. The second-order valence-electron chi connectivity index (χ2n) is 4.59. The van der Waals surface area contributed by atoms with Crippen molar-refractivity contribution < 1.29 is 10.2 Å². The van der Waals surface area contributed by atoms with E-state index in [9.17, 15) is 10.2 Å². The van der Waals surface area contributed by atoms with Crippen molar-refractivity contribution >= 4 is 0 Å². The van der Waals surface area contributed by atoms with Gasteiger partial charge in [0.25, 0.3) is 0 Å². The van der Waals surface area contributed by atoms with E-state index in [0.29, 0.717) is 5.82 Å². The standard InChI is InChI=1S/C13H15N3O2/c17-8-10-4-2-6-16-13(10)14-12(15-16)9-3-1-5-11(18)7-9/h1,3,5,7,10,17-18H,2,4,6,8H2. The molecule has 18 heavy (non-hydrogen) atoms. The van der Waals surface area contributed by atoms with Crippen LogP contribution in [0.3, 0.4) is 0 Å². The molecule has 1 aromatic heterocycles. The summed E-state index contributed by atoms with van der Waals surface area (Å²) in [5.41, 5.74) is 0.800. The smallest absolute Gasteiger partial charge is 0.181 e. The van der Waals surface area contributed by atoms with E-state index in [1.165, 1.54) is 0 Å². The second kappa shape index (κ2) is 4.42. The first kappa shape index (κ1) is 11.2. The van der Waals surface area contributed by atoms with Crippen LogP contribution in [-0.4, -0.2) is 31.6 Å². The minimum absolute atomic E-state index is 0.0808. The third-order valence-corrected chi connectivity index (χ3v) is 3.31. The molecule has 0 saturated carbocycles. The third-order valence-electron chi connectivity index (χ3n) is 3.31. The van der Waals surface area contributed by atoms with Crippen molar-refractivity contribution in [1.82, 2.24) is 14.8 Å². The molecule has 3 rings (SSSR count). The van der Waals surface area contributed by atoms with E-state index in [0.717, 1.165) is 30.8 Å². The quantitative estimate of drug-likeness (QED) is 0.841. The van der Waals surface area contributed by atoms with Crippen LogP contribution in [0.5, 0.6) is 5.75 Å². The normalized spacial score (nSPS) is 18.6. The highest BCUT2D eigenvalue weighted by Gasteiger charge is 2.23. The minimum Gasteiger partial charge on any atom is -0.508 e. The summed E-state index contributed by atoms with van der Waals surface area (Å²) in [5, 5.41) is 23.3. The van der Waals surface area contributed by atoms with E-state index in [1.54, 1.807) is 18.2 Å². The Balaban J connectivity index is 2.02. The Kier molecular flexibility index (Phi) is 2.76. The Morgan fingerprint density at radius 2 is 2.28 bits per heavy atom. The van der Waals surface area contributed by atoms with Gasteiger partial charge in [-0.1, -0.05) is 12.1 Å². The number of nitrogens with zero attached hydrogens (tertiary/aromatic N) is 3. The predicted molar refractivity (Wildman–Crippen MR) is 66.2 cm³/mol. The van der Waals surface area contributed by atoms with E-state index in [-0.39, 0.29) is 18.3 Å². The average molecular weight is 245 g/mol. The van der Waals surface area contributed by atoms with Crippen molar-refractivity contribution in [3.8, 4) is 17.1 Å². The zero-order valence-electron chi connectivity index (χ0n) is 9.95. The molecule has 94 valence electrons. The number of aryl methyl sites for hydroxylation is 1. The number of phenolic OH excluding ortho intramolecular Hbond substituents is 1. The van der Waals surface area contributed by atoms with Gasteiger partial charge in [-0.15, -0.1) is 0 Å². The van der Waals surface area contributed by atoms with Crippen molar-refractivity contribution in [1.29, 1.82) is 0 Å². The van der Waals surface area contributed by atoms with Crippen molar-refractivity contribution in [2.75, 3.05) is 6.61 Å². The fraction of sp³-hybridized carbons (Fsp3) is 0.385. The van der Waals surface area contributed by atoms with Gasteiger partial charge in [-0.25, -0.2) is 9.67 Å². The van der Waals surface area contributed by atoms with Crippen LogP contribution < -0.4 is 0 Å². The molecule has 0 amide bonds. The fourth-order valence-corrected chi connectivity index (χ4v) is 2.38. The topological polar surface area (TPSA) is 71.2 Å². The van der Waals surface area contributed by atoms with Crippen LogP contribution in [0, 0.1) is 0 Å². The van der Waals surface area contributed by atoms with E-state index < -0.39 is 0 Å². The molecule has 1 aliphatic heterocycles. The molecule has 1 unspecified atom stereocenters. The Hall–Kier alpha value is -1.88. The number of aromatic hydroxyl groups is 1. The molecular weight excluding hydrogens is 230 g/mol. The highest BCUT2D eigenvalue weighted by molar-refractivity contribution is 5.57. The van der Waals surface area contributed by atoms with Crippen LogP contribution in [0.1, 0.15) is 24.6 Å². The zero-order chi connectivity index (χ0) is 12.5. The van der Waals surface area contributed by atoms with Crippen LogP contribution in [-0.2, 0) is 6.54 Å². The van der Waals surface area contributed by atoms with Gasteiger partial charge in [0, 0.05) is 18.0 Å². The number of fused-ring (bicyclic) bond motifs is 1. The van der Waals surface area contributed by atoms with Crippen molar-refractivity contribution in [2.45, 2.75) is 25.3 Å². The lowest BCUT2D eigenvalue weighted by atomic mass is 10.0. The number of hydrogen-bond donors (Lipinski definition) is 2. The average Bonchev–Trinajstić information content (AvgIpc) is 2.82. The van der Waals surface area contributed by atoms with Crippen molar-refractivity contribution in [3.05, 3.63) is 30.1 Å². The largest absolute Gasteiger partial charge is 0.508 e. The molecule has 2 heterocycles. The van der Waals surface area contributed by atoms with E-state index >= 15 is 0 Å². The lowest BCUT2D eigenvalue weighted by molar-refractivity contribution is 0.234. The number of rotatable bonds is 2. The second-order valence-corrected chi connectivity index (χ2v) is 4.59. The molecule has 5 nitrogen and oxygen atoms in total. The van der Waals surface area contributed by atoms with Gasteiger partial charge < -0.3 is 10.2 Å². The van der Waals surface area contributed by atoms with Gasteiger partial charge in [-0.05, 0) is 25.0 Å². The van der Waals surface area contributed by atoms with Crippen LogP contribution in [0.4, 0.5) is 0 Å². The van der Waals surface area contributed by atoms with Crippen LogP contribution in [0.15, 0.2) is 24.3 Å². The summed E-state index contributed by atoms with van der Waals surface area (Å²) in [7, 11) is 0. The zero-order valence-corrected chi connectivity index (χ0v) is 9.95. The predicted octanol–water partition coefficient (Wildman–Crippen LogP) is 1.52. The molecule has 0 bridgehead atoms. The minimum atomic E-state index is 0.0808. The highest BCUT2D eigenvalue weighted by Crippen LogP contribution is 2.28. The number of benzene rings is 1. The molecule has 0 saturated heterocycles. The molecule has 0 radical (unpaired) electrons. The van der Waals surface area contributed by atoms with E-state index in [2.05, 4.69) is 10.1 Å². The maximum absolute atomic E-state index is 9.47. The summed E-state index contributed by atoms with van der Waals surface area (Å²) in [6.45, 7) is 0.954. The number of aliphatic hydroxyl groups excluding tert-OH is 1.